The number of ether oxygens (including phenoxy) is 1. The Labute approximate surface area is 139 Å². The summed E-state index contributed by atoms with van der Waals surface area (Å²) in [5.41, 5.74) is 2.34. The number of benzene rings is 2. The number of nitrogens with zero attached hydrogens (tertiary/aromatic N) is 2. The first-order chi connectivity index (χ1) is 11.7. The molecular weight excluding hydrogens is 306 g/mol. The predicted molar refractivity (Wildman–Crippen MR) is 88.3 cm³/mol. The van der Waals surface area contributed by atoms with E-state index in [9.17, 15) is 9.59 Å². The van der Waals surface area contributed by atoms with Gasteiger partial charge in [0, 0.05) is 6.42 Å². The van der Waals surface area contributed by atoms with Gasteiger partial charge in [0.2, 0.25) is 5.91 Å². The van der Waals surface area contributed by atoms with Crippen LogP contribution in [-0.2, 0) is 20.7 Å². The van der Waals surface area contributed by atoms with Gasteiger partial charge >= 0.3 is 5.97 Å². The number of cyclic esters (lactones) is 1. The highest BCUT2D eigenvalue weighted by molar-refractivity contribution is 5.86. The second-order valence-electron chi connectivity index (χ2n) is 5.46. The van der Waals surface area contributed by atoms with Gasteiger partial charge in [0.25, 0.3) is 0 Å². The molecule has 0 bridgehead atoms. The number of hydrogen-bond donors (Lipinski definition) is 1. The summed E-state index contributed by atoms with van der Waals surface area (Å²) in [6.45, 7) is 0.366. The van der Waals surface area contributed by atoms with Crippen molar-refractivity contribution in [1.82, 2.24) is 5.32 Å². The first kappa shape index (κ1) is 15.9. The average molecular weight is 323 g/mol. The third-order valence-electron chi connectivity index (χ3n) is 3.61. The van der Waals surface area contributed by atoms with Crippen molar-refractivity contribution in [3.8, 4) is 0 Å². The van der Waals surface area contributed by atoms with Crippen LogP contribution in [0.15, 0.2) is 64.8 Å². The van der Waals surface area contributed by atoms with Crippen LogP contribution in [0.1, 0.15) is 12.0 Å². The zero-order chi connectivity index (χ0) is 16.8. The second kappa shape index (κ2) is 7.50. The number of azo groups is 1. The van der Waals surface area contributed by atoms with E-state index in [1.807, 2.05) is 42.5 Å². The molecule has 1 saturated heterocycles. The minimum Gasteiger partial charge on any atom is -0.464 e. The van der Waals surface area contributed by atoms with Gasteiger partial charge in [-0.25, -0.2) is 4.79 Å². The zero-order valence-corrected chi connectivity index (χ0v) is 13.0. The van der Waals surface area contributed by atoms with Crippen LogP contribution in [0.4, 0.5) is 11.4 Å². The number of carbonyl (C=O) groups excluding carboxylic acids is 2. The van der Waals surface area contributed by atoms with Crippen LogP contribution in [0.3, 0.4) is 0 Å². The molecule has 2 aromatic carbocycles. The van der Waals surface area contributed by atoms with Crippen molar-refractivity contribution >= 4 is 23.3 Å². The molecule has 1 N–H and O–H groups in total. The van der Waals surface area contributed by atoms with Crippen LogP contribution in [0.25, 0.3) is 0 Å². The number of rotatable bonds is 5. The van der Waals surface area contributed by atoms with Gasteiger partial charge in [0.05, 0.1) is 24.4 Å². The summed E-state index contributed by atoms with van der Waals surface area (Å²) >= 11 is 0. The van der Waals surface area contributed by atoms with E-state index in [2.05, 4.69) is 15.5 Å². The highest BCUT2D eigenvalue weighted by Crippen LogP contribution is 2.18. The molecule has 0 saturated carbocycles. The van der Waals surface area contributed by atoms with Gasteiger partial charge in [0.15, 0.2) is 0 Å². The summed E-state index contributed by atoms with van der Waals surface area (Å²) in [5, 5.41) is 11.0. The molecule has 3 rings (SSSR count). The Balaban J connectivity index is 1.55. The fraction of sp³-hybridized carbons (Fsp3) is 0.222. The number of nitrogens with one attached hydrogen (secondary N) is 1. The minimum absolute atomic E-state index is 0.197. The quantitative estimate of drug-likeness (QED) is 0.678. The van der Waals surface area contributed by atoms with E-state index < -0.39 is 6.04 Å². The second-order valence-corrected chi connectivity index (χ2v) is 5.46. The minimum atomic E-state index is -0.517. The van der Waals surface area contributed by atoms with E-state index in [0.717, 1.165) is 11.3 Å². The lowest BCUT2D eigenvalue weighted by molar-refractivity contribution is -0.141. The van der Waals surface area contributed by atoms with Crippen LogP contribution >= 0.6 is 0 Å². The lowest BCUT2D eigenvalue weighted by Gasteiger charge is -2.08. The van der Waals surface area contributed by atoms with Crippen molar-refractivity contribution in [3.63, 3.8) is 0 Å². The molecule has 1 aliphatic heterocycles. The SMILES string of the molecule is O=C(Cc1ccc(N=Nc2ccccc2)cc1)N[C@H]1CCOC1=O. The van der Waals surface area contributed by atoms with Gasteiger partial charge in [-0.3, -0.25) is 4.79 Å². The largest absolute Gasteiger partial charge is 0.464 e. The van der Waals surface area contributed by atoms with E-state index in [-0.39, 0.29) is 18.3 Å². The maximum Gasteiger partial charge on any atom is 0.328 e. The van der Waals surface area contributed by atoms with Crippen LogP contribution in [-0.4, -0.2) is 24.5 Å². The number of hydrogen-bond acceptors (Lipinski definition) is 5. The molecule has 122 valence electrons. The van der Waals surface area contributed by atoms with E-state index >= 15 is 0 Å². The zero-order valence-electron chi connectivity index (χ0n) is 13.0. The van der Waals surface area contributed by atoms with Gasteiger partial charge in [-0.05, 0) is 29.8 Å². The summed E-state index contributed by atoms with van der Waals surface area (Å²) in [7, 11) is 0. The normalized spacial score (nSPS) is 17.0. The van der Waals surface area contributed by atoms with Gasteiger partial charge in [-0.1, -0.05) is 30.3 Å². The monoisotopic (exact) mass is 323 g/mol. The van der Waals surface area contributed by atoms with E-state index in [1.54, 1.807) is 12.1 Å². The average Bonchev–Trinajstić information content (AvgIpc) is 3.00. The Morgan fingerprint density at radius 2 is 1.71 bits per heavy atom. The molecule has 6 nitrogen and oxygen atoms in total. The fourth-order valence-corrected chi connectivity index (χ4v) is 2.35. The smallest absolute Gasteiger partial charge is 0.328 e. The third-order valence-corrected chi connectivity index (χ3v) is 3.61. The molecule has 1 amide bonds. The van der Waals surface area contributed by atoms with Gasteiger partial charge in [0.1, 0.15) is 6.04 Å². The van der Waals surface area contributed by atoms with Crippen LogP contribution in [0.5, 0.6) is 0 Å². The number of amides is 1. The molecular formula is C18H17N3O3. The van der Waals surface area contributed by atoms with Gasteiger partial charge < -0.3 is 10.1 Å². The molecule has 0 unspecified atom stereocenters. The number of esters is 1. The van der Waals surface area contributed by atoms with Crippen molar-refractivity contribution in [3.05, 3.63) is 60.2 Å². The molecule has 24 heavy (non-hydrogen) atoms. The summed E-state index contributed by atoms with van der Waals surface area (Å²) in [6.07, 6.45) is 0.739. The highest BCUT2D eigenvalue weighted by atomic mass is 16.5. The molecule has 1 aliphatic rings. The maximum atomic E-state index is 11.9. The topological polar surface area (TPSA) is 80.1 Å². The lowest BCUT2D eigenvalue weighted by atomic mass is 10.1. The first-order valence-corrected chi connectivity index (χ1v) is 7.72. The highest BCUT2D eigenvalue weighted by Gasteiger charge is 2.27. The number of carbonyl (C=O) groups is 2. The van der Waals surface area contributed by atoms with Crippen molar-refractivity contribution in [2.45, 2.75) is 18.9 Å². The van der Waals surface area contributed by atoms with Gasteiger partial charge in [-0.15, -0.1) is 0 Å². The molecule has 0 aromatic heterocycles. The Morgan fingerprint density at radius 1 is 1.04 bits per heavy atom. The Hall–Kier alpha value is -3.02. The van der Waals surface area contributed by atoms with Crippen LogP contribution in [0, 0.1) is 0 Å². The standard InChI is InChI=1S/C18H17N3O3/c22-17(19-16-10-11-24-18(16)23)12-13-6-8-15(9-7-13)21-20-14-4-2-1-3-5-14/h1-9,16H,10-12H2,(H,19,22)/t16-/m0/s1. The van der Waals surface area contributed by atoms with Crippen molar-refractivity contribution in [2.75, 3.05) is 6.61 Å². The van der Waals surface area contributed by atoms with E-state index in [0.29, 0.717) is 18.7 Å². The first-order valence-electron chi connectivity index (χ1n) is 7.72. The van der Waals surface area contributed by atoms with Crippen LogP contribution < -0.4 is 5.32 Å². The lowest BCUT2D eigenvalue weighted by Crippen LogP contribution is -2.38. The molecule has 0 aliphatic carbocycles. The molecule has 2 aromatic rings. The van der Waals surface area contributed by atoms with Crippen LogP contribution in [0.2, 0.25) is 0 Å². The predicted octanol–water partition coefficient (Wildman–Crippen LogP) is 3.08. The van der Waals surface area contributed by atoms with Crippen molar-refractivity contribution in [1.29, 1.82) is 0 Å². The summed E-state index contributed by atoms with van der Waals surface area (Å²) in [5.74, 6) is -0.558. The Kier molecular flexibility index (Phi) is 4.96. The third kappa shape index (κ3) is 4.25. The molecule has 6 heteroatoms. The molecule has 0 radical (unpaired) electrons. The van der Waals surface area contributed by atoms with E-state index in [4.69, 9.17) is 4.74 Å². The molecule has 1 fully saturated rings. The van der Waals surface area contributed by atoms with Crippen molar-refractivity contribution in [2.24, 2.45) is 10.2 Å². The molecule has 0 spiro atoms. The summed E-state index contributed by atoms with van der Waals surface area (Å²) in [6, 6.07) is 16.2. The van der Waals surface area contributed by atoms with Crippen molar-refractivity contribution < 1.29 is 14.3 Å². The van der Waals surface area contributed by atoms with E-state index in [1.165, 1.54) is 0 Å². The summed E-state index contributed by atoms with van der Waals surface area (Å²) < 4.78 is 4.82. The molecule has 1 atom stereocenters. The van der Waals surface area contributed by atoms with Gasteiger partial charge in [-0.2, -0.15) is 10.2 Å². The summed E-state index contributed by atoms with van der Waals surface area (Å²) in [4.78, 5) is 23.3. The Morgan fingerprint density at radius 3 is 2.33 bits per heavy atom. The maximum absolute atomic E-state index is 11.9. The Bertz CT molecular complexity index is 742. The molecule has 1 heterocycles. The fourth-order valence-electron chi connectivity index (χ4n) is 2.35.